The standard InChI is InChI=1S/C18H14ClF2NO5/c19-12-7-5-11(6-8-12)14(23)10-26-16(24)9-22-17(25)13-3-1-2-4-15(13)27-18(20)21/h1-8,18H,9-10H2,(H,22,25). The largest absolute Gasteiger partial charge is 0.456 e. The predicted octanol–water partition coefficient (Wildman–Crippen LogP) is 3.10. The van der Waals surface area contributed by atoms with Crippen molar-refractivity contribution in [2.75, 3.05) is 13.2 Å². The van der Waals surface area contributed by atoms with E-state index in [-0.39, 0.29) is 11.3 Å². The van der Waals surface area contributed by atoms with Gasteiger partial charge in [0.1, 0.15) is 12.3 Å². The molecule has 0 heterocycles. The Morgan fingerprint density at radius 2 is 1.70 bits per heavy atom. The monoisotopic (exact) mass is 397 g/mol. The number of carbonyl (C=O) groups excluding carboxylic acids is 3. The molecule has 0 radical (unpaired) electrons. The number of carbonyl (C=O) groups is 3. The Balaban J connectivity index is 1.84. The summed E-state index contributed by atoms with van der Waals surface area (Å²) in [7, 11) is 0. The minimum atomic E-state index is -3.09. The number of nitrogens with one attached hydrogen (secondary N) is 1. The summed E-state index contributed by atoms with van der Waals surface area (Å²) in [6.07, 6.45) is 0. The van der Waals surface area contributed by atoms with Gasteiger partial charge in [-0.15, -0.1) is 0 Å². The Morgan fingerprint density at radius 3 is 2.37 bits per heavy atom. The van der Waals surface area contributed by atoms with Crippen LogP contribution in [0.4, 0.5) is 8.78 Å². The van der Waals surface area contributed by atoms with E-state index in [9.17, 15) is 23.2 Å². The van der Waals surface area contributed by atoms with Crippen molar-refractivity contribution in [2.24, 2.45) is 0 Å². The van der Waals surface area contributed by atoms with Crippen LogP contribution >= 0.6 is 11.6 Å². The highest BCUT2D eigenvalue weighted by Gasteiger charge is 2.17. The Kier molecular flexibility index (Phi) is 7.25. The van der Waals surface area contributed by atoms with Gasteiger partial charge in [-0.2, -0.15) is 8.78 Å². The van der Waals surface area contributed by atoms with Crippen LogP contribution in [-0.2, 0) is 9.53 Å². The third-order valence-corrected chi connectivity index (χ3v) is 3.52. The lowest BCUT2D eigenvalue weighted by Crippen LogP contribution is -2.31. The van der Waals surface area contributed by atoms with Crippen molar-refractivity contribution in [3.63, 3.8) is 0 Å². The zero-order valence-electron chi connectivity index (χ0n) is 13.8. The number of rotatable bonds is 8. The lowest BCUT2D eigenvalue weighted by molar-refractivity contribution is -0.141. The molecule has 0 aliphatic heterocycles. The number of amides is 1. The number of halogens is 3. The first-order valence-corrected chi connectivity index (χ1v) is 8.01. The molecule has 2 aromatic carbocycles. The second kappa shape index (κ2) is 9.63. The van der Waals surface area contributed by atoms with E-state index in [1.807, 2.05) is 0 Å². The van der Waals surface area contributed by atoms with E-state index in [2.05, 4.69) is 10.1 Å². The molecule has 9 heteroatoms. The van der Waals surface area contributed by atoms with E-state index in [1.165, 1.54) is 48.5 Å². The second-order valence-corrected chi connectivity index (χ2v) is 5.58. The molecule has 6 nitrogen and oxygen atoms in total. The van der Waals surface area contributed by atoms with Crippen molar-refractivity contribution < 1.29 is 32.6 Å². The fraction of sp³-hybridized carbons (Fsp3) is 0.167. The highest BCUT2D eigenvalue weighted by molar-refractivity contribution is 6.30. The summed E-state index contributed by atoms with van der Waals surface area (Å²) in [6, 6.07) is 11.4. The Hall–Kier alpha value is -3.00. The molecule has 142 valence electrons. The normalized spacial score (nSPS) is 10.4. The number of esters is 1. The Morgan fingerprint density at radius 1 is 1.04 bits per heavy atom. The summed E-state index contributed by atoms with van der Waals surface area (Å²) < 4.78 is 33.7. The number of alkyl halides is 2. The van der Waals surface area contributed by atoms with Crippen molar-refractivity contribution in [1.82, 2.24) is 5.32 Å². The van der Waals surface area contributed by atoms with Gasteiger partial charge in [-0.05, 0) is 36.4 Å². The van der Waals surface area contributed by atoms with Crippen molar-refractivity contribution in [3.8, 4) is 5.75 Å². The fourth-order valence-electron chi connectivity index (χ4n) is 2.02. The molecule has 2 aromatic rings. The molecular weight excluding hydrogens is 384 g/mol. The fourth-order valence-corrected chi connectivity index (χ4v) is 2.14. The first kappa shape index (κ1) is 20.3. The maximum Gasteiger partial charge on any atom is 0.387 e. The van der Waals surface area contributed by atoms with Crippen molar-refractivity contribution in [2.45, 2.75) is 6.61 Å². The van der Waals surface area contributed by atoms with Gasteiger partial charge in [-0.25, -0.2) is 0 Å². The van der Waals surface area contributed by atoms with Gasteiger partial charge in [0.2, 0.25) is 0 Å². The predicted molar refractivity (Wildman–Crippen MR) is 92.1 cm³/mol. The maximum absolute atomic E-state index is 12.3. The molecule has 1 N–H and O–H groups in total. The lowest BCUT2D eigenvalue weighted by atomic mass is 10.1. The molecule has 0 bridgehead atoms. The number of ketones is 1. The molecule has 0 fully saturated rings. The minimum absolute atomic E-state index is 0.164. The third-order valence-electron chi connectivity index (χ3n) is 3.27. The summed E-state index contributed by atoms with van der Waals surface area (Å²) in [6.45, 7) is -4.15. The summed E-state index contributed by atoms with van der Waals surface area (Å²) in [5, 5.41) is 2.68. The number of Topliss-reactive ketones (excluding diaryl/α,β-unsaturated/α-hetero) is 1. The third kappa shape index (κ3) is 6.34. The minimum Gasteiger partial charge on any atom is -0.456 e. The van der Waals surface area contributed by atoms with Crippen LogP contribution in [-0.4, -0.2) is 37.4 Å². The number of benzene rings is 2. The van der Waals surface area contributed by atoms with E-state index >= 15 is 0 Å². The number of para-hydroxylation sites is 1. The van der Waals surface area contributed by atoms with Crippen LogP contribution in [0.2, 0.25) is 5.02 Å². The molecule has 1 amide bonds. The Bertz CT molecular complexity index is 827. The van der Waals surface area contributed by atoms with E-state index in [4.69, 9.17) is 16.3 Å². The van der Waals surface area contributed by atoms with Crippen molar-refractivity contribution >= 4 is 29.3 Å². The quantitative estimate of drug-likeness (QED) is 0.547. The van der Waals surface area contributed by atoms with E-state index in [0.717, 1.165) is 0 Å². The second-order valence-electron chi connectivity index (χ2n) is 5.15. The summed E-state index contributed by atoms with van der Waals surface area (Å²) >= 11 is 5.72. The van der Waals surface area contributed by atoms with Gasteiger partial charge >= 0.3 is 12.6 Å². The molecule has 0 saturated carbocycles. The summed E-state index contributed by atoms with van der Waals surface area (Å²) in [5.74, 6) is -2.43. The lowest BCUT2D eigenvalue weighted by Gasteiger charge is -2.10. The van der Waals surface area contributed by atoms with Gasteiger partial charge in [0.15, 0.2) is 12.4 Å². The number of ether oxygens (including phenoxy) is 2. The molecule has 2 rings (SSSR count). The van der Waals surface area contributed by atoms with Gasteiger partial charge in [-0.3, -0.25) is 14.4 Å². The van der Waals surface area contributed by atoms with Crippen LogP contribution < -0.4 is 10.1 Å². The Labute approximate surface area is 158 Å². The first-order valence-electron chi connectivity index (χ1n) is 7.63. The van der Waals surface area contributed by atoms with Crippen molar-refractivity contribution in [1.29, 1.82) is 0 Å². The molecular formula is C18H14ClF2NO5. The van der Waals surface area contributed by atoms with E-state index < -0.39 is 37.4 Å². The van der Waals surface area contributed by atoms with Crippen LogP contribution in [0.25, 0.3) is 0 Å². The molecule has 0 aromatic heterocycles. The van der Waals surface area contributed by atoms with Gasteiger partial charge in [0, 0.05) is 10.6 Å². The number of hydrogen-bond acceptors (Lipinski definition) is 5. The molecule has 0 atom stereocenters. The van der Waals surface area contributed by atoms with Gasteiger partial charge in [0.25, 0.3) is 5.91 Å². The van der Waals surface area contributed by atoms with Crippen LogP contribution in [0.1, 0.15) is 20.7 Å². The molecule has 0 aliphatic rings. The van der Waals surface area contributed by atoms with Crippen LogP contribution in [0, 0.1) is 0 Å². The van der Waals surface area contributed by atoms with Gasteiger partial charge in [-0.1, -0.05) is 23.7 Å². The topological polar surface area (TPSA) is 81.7 Å². The van der Waals surface area contributed by atoms with Gasteiger partial charge in [0.05, 0.1) is 5.56 Å². The molecule has 0 spiro atoms. The van der Waals surface area contributed by atoms with E-state index in [0.29, 0.717) is 10.6 Å². The SMILES string of the molecule is O=C(CNC(=O)c1ccccc1OC(F)F)OCC(=O)c1ccc(Cl)cc1. The van der Waals surface area contributed by atoms with Crippen molar-refractivity contribution in [3.05, 3.63) is 64.7 Å². The van der Waals surface area contributed by atoms with Crippen LogP contribution in [0.5, 0.6) is 5.75 Å². The number of hydrogen-bond donors (Lipinski definition) is 1. The molecule has 27 heavy (non-hydrogen) atoms. The smallest absolute Gasteiger partial charge is 0.387 e. The highest BCUT2D eigenvalue weighted by Crippen LogP contribution is 2.20. The average molecular weight is 398 g/mol. The average Bonchev–Trinajstić information content (AvgIpc) is 2.64. The van der Waals surface area contributed by atoms with Crippen LogP contribution in [0.3, 0.4) is 0 Å². The zero-order chi connectivity index (χ0) is 19.8. The molecule has 0 aliphatic carbocycles. The summed E-state index contributed by atoms with van der Waals surface area (Å²) in [5.41, 5.74) is 0.150. The highest BCUT2D eigenvalue weighted by atomic mass is 35.5. The summed E-state index contributed by atoms with van der Waals surface area (Å²) in [4.78, 5) is 35.6. The maximum atomic E-state index is 12.3. The molecule has 0 saturated heterocycles. The first-order chi connectivity index (χ1) is 12.9. The molecule has 0 unspecified atom stereocenters. The van der Waals surface area contributed by atoms with Gasteiger partial charge < -0.3 is 14.8 Å². The zero-order valence-corrected chi connectivity index (χ0v) is 14.5. The van der Waals surface area contributed by atoms with E-state index in [1.54, 1.807) is 0 Å². The van der Waals surface area contributed by atoms with Crippen LogP contribution in [0.15, 0.2) is 48.5 Å².